The van der Waals surface area contributed by atoms with Crippen LogP contribution in [0, 0.1) is 6.92 Å². The van der Waals surface area contributed by atoms with E-state index in [4.69, 9.17) is 5.11 Å². The number of carboxylic acid groups (broad SMARTS) is 1. The summed E-state index contributed by atoms with van der Waals surface area (Å²) in [6.45, 7) is 2.53. The maximum Gasteiger partial charge on any atom is 0.356 e. The highest BCUT2D eigenvalue weighted by molar-refractivity contribution is 5.88. The van der Waals surface area contributed by atoms with Crippen LogP contribution in [0.15, 0.2) is 30.9 Å². The van der Waals surface area contributed by atoms with Crippen molar-refractivity contribution in [2.75, 3.05) is 18.5 Å². The fraction of sp³-hybridized carbons (Fsp3) is 0.267. The second-order valence-corrected chi connectivity index (χ2v) is 5.24. The van der Waals surface area contributed by atoms with Crippen molar-refractivity contribution >= 4 is 17.3 Å². The van der Waals surface area contributed by atoms with Gasteiger partial charge < -0.3 is 10.0 Å². The standard InChI is InChI=1S/C15H16N6O2/c1-10-9-21-13(7-12(19-21)15(22)23)14(18-10)20(2)6-3-11-8-16-4-5-17-11/h4-5,7-9H,3,6H2,1-2H3,(H,22,23). The first-order valence-corrected chi connectivity index (χ1v) is 7.11. The van der Waals surface area contributed by atoms with Gasteiger partial charge in [0.1, 0.15) is 5.52 Å². The van der Waals surface area contributed by atoms with Crippen molar-refractivity contribution in [1.82, 2.24) is 24.6 Å². The van der Waals surface area contributed by atoms with E-state index >= 15 is 0 Å². The molecule has 0 radical (unpaired) electrons. The molecule has 3 rings (SSSR count). The summed E-state index contributed by atoms with van der Waals surface area (Å²) < 4.78 is 1.56. The fourth-order valence-electron chi connectivity index (χ4n) is 2.32. The molecule has 3 heterocycles. The van der Waals surface area contributed by atoms with Gasteiger partial charge in [-0.15, -0.1) is 0 Å². The second kappa shape index (κ2) is 5.99. The minimum absolute atomic E-state index is 0.000904. The van der Waals surface area contributed by atoms with Gasteiger partial charge in [0, 0.05) is 44.7 Å². The lowest BCUT2D eigenvalue weighted by molar-refractivity contribution is 0.0690. The number of aryl methyl sites for hydroxylation is 1. The van der Waals surface area contributed by atoms with Crippen LogP contribution in [-0.2, 0) is 6.42 Å². The van der Waals surface area contributed by atoms with E-state index < -0.39 is 5.97 Å². The average molecular weight is 312 g/mol. The molecule has 0 aliphatic heterocycles. The van der Waals surface area contributed by atoms with Gasteiger partial charge in [-0.3, -0.25) is 9.97 Å². The number of hydrogen-bond acceptors (Lipinski definition) is 6. The third-order valence-corrected chi connectivity index (χ3v) is 3.46. The predicted molar refractivity (Wildman–Crippen MR) is 83.7 cm³/mol. The Morgan fingerprint density at radius 2 is 2.22 bits per heavy atom. The predicted octanol–water partition coefficient (Wildman–Crippen LogP) is 1.20. The average Bonchev–Trinajstić information content (AvgIpc) is 2.97. The second-order valence-electron chi connectivity index (χ2n) is 5.24. The smallest absolute Gasteiger partial charge is 0.356 e. The van der Waals surface area contributed by atoms with Gasteiger partial charge in [-0.1, -0.05) is 0 Å². The van der Waals surface area contributed by atoms with E-state index in [0.717, 1.165) is 11.4 Å². The molecule has 0 aliphatic rings. The fourth-order valence-corrected chi connectivity index (χ4v) is 2.32. The number of anilines is 1. The number of rotatable bonds is 5. The van der Waals surface area contributed by atoms with Crippen molar-refractivity contribution in [2.45, 2.75) is 13.3 Å². The molecule has 0 saturated heterocycles. The molecular weight excluding hydrogens is 296 g/mol. The number of aromatic nitrogens is 5. The molecule has 8 nitrogen and oxygen atoms in total. The Hall–Kier alpha value is -3.03. The third-order valence-electron chi connectivity index (χ3n) is 3.46. The molecule has 0 atom stereocenters. The van der Waals surface area contributed by atoms with Gasteiger partial charge in [0.25, 0.3) is 0 Å². The number of fused-ring (bicyclic) bond motifs is 1. The van der Waals surface area contributed by atoms with Crippen molar-refractivity contribution in [3.63, 3.8) is 0 Å². The van der Waals surface area contributed by atoms with Crippen molar-refractivity contribution < 1.29 is 9.90 Å². The lowest BCUT2D eigenvalue weighted by atomic mass is 10.3. The minimum atomic E-state index is -1.06. The molecular formula is C15H16N6O2. The minimum Gasteiger partial charge on any atom is -0.476 e. The Labute approximate surface area is 132 Å². The van der Waals surface area contributed by atoms with E-state index in [0.29, 0.717) is 24.3 Å². The van der Waals surface area contributed by atoms with E-state index in [1.165, 1.54) is 6.07 Å². The summed E-state index contributed by atoms with van der Waals surface area (Å²) in [5.41, 5.74) is 2.32. The SMILES string of the molecule is Cc1cn2nc(C(=O)O)cc2c(N(C)CCc2cnccn2)n1. The quantitative estimate of drug-likeness (QED) is 0.756. The maximum atomic E-state index is 11.1. The van der Waals surface area contributed by atoms with Crippen LogP contribution in [0.4, 0.5) is 5.82 Å². The van der Waals surface area contributed by atoms with Gasteiger partial charge in [-0.2, -0.15) is 5.10 Å². The first-order chi connectivity index (χ1) is 11.0. The molecule has 0 unspecified atom stereocenters. The zero-order valence-electron chi connectivity index (χ0n) is 12.8. The molecule has 0 spiro atoms. The molecule has 23 heavy (non-hydrogen) atoms. The van der Waals surface area contributed by atoms with Crippen molar-refractivity contribution in [2.24, 2.45) is 0 Å². The summed E-state index contributed by atoms with van der Waals surface area (Å²) in [4.78, 5) is 25.9. The van der Waals surface area contributed by atoms with Crippen LogP contribution in [0.5, 0.6) is 0 Å². The molecule has 3 aromatic heterocycles. The van der Waals surface area contributed by atoms with Gasteiger partial charge in [-0.05, 0) is 6.92 Å². The van der Waals surface area contributed by atoms with Crippen LogP contribution in [0.1, 0.15) is 21.9 Å². The van der Waals surface area contributed by atoms with E-state index in [1.807, 2.05) is 18.9 Å². The van der Waals surface area contributed by atoms with E-state index in [1.54, 1.807) is 29.3 Å². The molecule has 0 amide bonds. The van der Waals surface area contributed by atoms with Gasteiger partial charge >= 0.3 is 5.97 Å². The van der Waals surface area contributed by atoms with Crippen LogP contribution in [0.3, 0.4) is 0 Å². The highest BCUT2D eigenvalue weighted by Gasteiger charge is 2.15. The number of hydrogen-bond donors (Lipinski definition) is 1. The van der Waals surface area contributed by atoms with Crippen LogP contribution in [-0.4, -0.2) is 49.2 Å². The molecule has 1 N–H and O–H groups in total. The Balaban J connectivity index is 1.90. The van der Waals surface area contributed by atoms with Gasteiger partial charge in [0.2, 0.25) is 0 Å². The highest BCUT2D eigenvalue weighted by atomic mass is 16.4. The number of carboxylic acids is 1. The molecule has 0 aromatic carbocycles. The third kappa shape index (κ3) is 3.10. The first kappa shape index (κ1) is 14.9. The van der Waals surface area contributed by atoms with E-state index in [9.17, 15) is 4.79 Å². The van der Waals surface area contributed by atoms with Crippen LogP contribution in [0.25, 0.3) is 5.52 Å². The summed E-state index contributed by atoms with van der Waals surface area (Å²) in [6, 6.07) is 1.53. The summed E-state index contributed by atoms with van der Waals surface area (Å²) in [5.74, 6) is -0.367. The van der Waals surface area contributed by atoms with Crippen molar-refractivity contribution in [3.05, 3.63) is 47.9 Å². The highest BCUT2D eigenvalue weighted by Crippen LogP contribution is 2.20. The van der Waals surface area contributed by atoms with Crippen LogP contribution < -0.4 is 4.90 Å². The van der Waals surface area contributed by atoms with Crippen LogP contribution >= 0.6 is 0 Å². The summed E-state index contributed by atoms with van der Waals surface area (Å²) in [6.07, 6.45) is 7.45. The Bertz CT molecular complexity index is 846. The summed E-state index contributed by atoms with van der Waals surface area (Å²) in [7, 11) is 1.91. The lowest BCUT2D eigenvalue weighted by Crippen LogP contribution is -2.22. The molecule has 0 saturated carbocycles. The van der Waals surface area contributed by atoms with E-state index in [2.05, 4.69) is 20.1 Å². The van der Waals surface area contributed by atoms with Gasteiger partial charge in [-0.25, -0.2) is 14.3 Å². The monoisotopic (exact) mass is 312 g/mol. The first-order valence-electron chi connectivity index (χ1n) is 7.11. The molecule has 0 aliphatic carbocycles. The van der Waals surface area contributed by atoms with Crippen molar-refractivity contribution in [1.29, 1.82) is 0 Å². The summed E-state index contributed by atoms with van der Waals surface area (Å²) in [5, 5.41) is 13.2. The largest absolute Gasteiger partial charge is 0.476 e. The molecule has 118 valence electrons. The maximum absolute atomic E-state index is 11.1. The number of aromatic carboxylic acids is 1. The zero-order valence-corrected chi connectivity index (χ0v) is 12.8. The molecule has 3 aromatic rings. The van der Waals surface area contributed by atoms with Crippen LogP contribution in [0.2, 0.25) is 0 Å². The van der Waals surface area contributed by atoms with Gasteiger partial charge in [0.15, 0.2) is 11.5 Å². The Morgan fingerprint density at radius 3 is 2.91 bits per heavy atom. The van der Waals surface area contributed by atoms with Gasteiger partial charge in [0.05, 0.1) is 17.6 Å². The molecule has 0 bridgehead atoms. The number of carbonyl (C=O) groups is 1. The normalized spacial score (nSPS) is 10.9. The summed E-state index contributed by atoms with van der Waals surface area (Å²) >= 11 is 0. The molecule has 8 heteroatoms. The number of likely N-dealkylation sites (N-methyl/N-ethyl adjacent to an activating group) is 1. The van der Waals surface area contributed by atoms with Crippen molar-refractivity contribution in [3.8, 4) is 0 Å². The Kier molecular flexibility index (Phi) is 3.88. The topological polar surface area (TPSA) is 96.5 Å². The number of nitrogens with zero attached hydrogens (tertiary/aromatic N) is 6. The Morgan fingerprint density at radius 1 is 1.39 bits per heavy atom. The lowest BCUT2D eigenvalue weighted by Gasteiger charge is -2.19. The van der Waals surface area contributed by atoms with E-state index in [-0.39, 0.29) is 5.69 Å². The molecule has 0 fully saturated rings. The zero-order chi connectivity index (χ0) is 16.4.